The zero-order valence-electron chi connectivity index (χ0n) is 15.7. The van der Waals surface area contributed by atoms with Crippen LogP contribution in [0.5, 0.6) is 0 Å². The second-order valence-corrected chi connectivity index (χ2v) is 7.67. The van der Waals surface area contributed by atoms with Crippen LogP contribution in [0.2, 0.25) is 0 Å². The number of nitrogens with one attached hydrogen (secondary N) is 2. The maximum atomic E-state index is 5.76. The van der Waals surface area contributed by atoms with Crippen LogP contribution in [0, 0.1) is 6.92 Å². The van der Waals surface area contributed by atoms with Crippen molar-refractivity contribution in [1.82, 2.24) is 20.4 Å². The normalized spacial score (nSPS) is 21.1. The largest absolute Gasteiger partial charge is 0.460 e. The number of furan rings is 1. The van der Waals surface area contributed by atoms with Gasteiger partial charge in [0.25, 0.3) is 0 Å². The highest BCUT2D eigenvalue weighted by atomic mass is 16.5. The lowest BCUT2D eigenvalue weighted by atomic mass is 9.86. The number of H-pyrrole nitrogens is 1. The number of aryl methyl sites for hydroxylation is 1. The predicted molar refractivity (Wildman–Crippen MR) is 101 cm³/mol. The van der Waals surface area contributed by atoms with E-state index in [4.69, 9.17) is 9.15 Å². The van der Waals surface area contributed by atoms with Crippen molar-refractivity contribution < 1.29 is 9.15 Å². The van der Waals surface area contributed by atoms with Crippen LogP contribution < -0.4 is 5.32 Å². The lowest BCUT2D eigenvalue weighted by Gasteiger charge is -2.48. The van der Waals surface area contributed by atoms with Gasteiger partial charge < -0.3 is 14.5 Å². The first-order chi connectivity index (χ1) is 12.8. The Labute approximate surface area is 155 Å². The molecule has 26 heavy (non-hydrogen) atoms. The molecule has 6 heteroatoms. The van der Waals surface area contributed by atoms with Crippen molar-refractivity contribution in [2.75, 3.05) is 32.8 Å². The lowest BCUT2D eigenvalue weighted by Crippen LogP contribution is -2.59. The van der Waals surface area contributed by atoms with Crippen LogP contribution >= 0.6 is 0 Å². The third-order valence-corrected chi connectivity index (χ3v) is 5.92. The number of ether oxygens (including phenoxy) is 1. The van der Waals surface area contributed by atoms with Crippen molar-refractivity contribution in [1.29, 1.82) is 0 Å². The van der Waals surface area contributed by atoms with Crippen molar-refractivity contribution in [3.8, 4) is 11.5 Å². The second-order valence-electron chi connectivity index (χ2n) is 7.67. The molecule has 0 radical (unpaired) electrons. The first kappa shape index (κ1) is 17.8. The van der Waals surface area contributed by atoms with Gasteiger partial charge in [-0.15, -0.1) is 0 Å². The molecule has 0 unspecified atom stereocenters. The van der Waals surface area contributed by atoms with E-state index in [0.717, 1.165) is 61.9 Å². The molecule has 6 nitrogen and oxygen atoms in total. The number of hydrogen-bond acceptors (Lipinski definition) is 5. The molecule has 0 saturated carbocycles. The smallest absolute Gasteiger partial charge is 0.152 e. The van der Waals surface area contributed by atoms with Crippen molar-refractivity contribution in [3.05, 3.63) is 29.7 Å². The fourth-order valence-corrected chi connectivity index (χ4v) is 4.38. The molecule has 4 rings (SSSR count). The minimum absolute atomic E-state index is 0.240. The topological polar surface area (TPSA) is 66.3 Å². The van der Waals surface area contributed by atoms with E-state index in [2.05, 4.69) is 20.4 Å². The van der Waals surface area contributed by atoms with E-state index in [-0.39, 0.29) is 5.54 Å². The van der Waals surface area contributed by atoms with E-state index in [1.807, 2.05) is 25.3 Å². The van der Waals surface area contributed by atoms with E-state index in [1.165, 1.54) is 32.4 Å². The highest BCUT2D eigenvalue weighted by molar-refractivity contribution is 5.56. The number of aromatic nitrogens is 2. The summed E-state index contributed by atoms with van der Waals surface area (Å²) in [6.07, 6.45) is 8.17. The van der Waals surface area contributed by atoms with Gasteiger partial charge in [0.05, 0.1) is 6.20 Å². The summed E-state index contributed by atoms with van der Waals surface area (Å²) in [5.41, 5.74) is 2.37. The van der Waals surface area contributed by atoms with Gasteiger partial charge in [-0.05, 0) is 57.8 Å². The monoisotopic (exact) mass is 358 g/mol. The van der Waals surface area contributed by atoms with Crippen LogP contribution in [0.25, 0.3) is 11.5 Å². The first-order valence-corrected chi connectivity index (χ1v) is 9.89. The summed E-state index contributed by atoms with van der Waals surface area (Å²) < 4.78 is 11.4. The van der Waals surface area contributed by atoms with Gasteiger partial charge in [0.2, 0.25) is 0 Å². The SMILES string of the molecule is Cc1ccc(-c2[nH]ncc2CNCC2(N3CCCCC3)CCOCC2)o1. The molecule has 142 valence electrons. The Morgan fingerprint density at radius 2 is 2.00 bits per heavy atom. The van der Waals surface area contributed by atoms with Gasteiger partial charge in [-0.25, -0.2) is 0 Å². The van der Waals surface area contributed by atoms with Gasteiger partial charge in [0, 0.05) is 37.4 Å². The van der Waals surface area contributed by atoms with E-state index >= 15 is 0 Å². The van der Waals surface area contributed by atoms with Crippen LogP contribution in [0.15, 0.2) is 22.7 Å². The van der Waals surface area contributed by atoms with Gasteiger partial charge in [-0.3, -0.25) is 10.00 Å². The van der Waals surface area contributed by atoms with Gasteiger partial charge in [0.15, 0.2) is 5.76 Å². The zero-order valence-corrected chi connectivity index (χ0v) is 15.7. The Morgan fingerprint density at radius 1 is 1.19 bits per heavy atom. The molecule has 0 atom stereocenters. The molecule has 2 aliphatic heterocycles. The molecule has 0 aromatic carbocycles. The van der Waals surface area contributed by atoms with E-state index < -0.39 is 0 Å². The van der Waals surface area contributed by atoms with E-state index in [9.17, 15) is 0 Å². The quantitative estimate of drug-likeness (QED) is 0.831. The molecule has 2 aliphatic rings. The van der Waals surface area contributed by atoms with Gasteiger partial charge in [-0.2, -0.15) is 5.10 Å². The first-order valence-electron chi connectivity index (χ1n) is 9.89. The Kier molecular flexibility index (Phi) is 5.43. The van der Waals surface area contributed by atoms with Crippen LogP contribution in [-0.4, -0.2) is 53.5 Å². The van der Waals surface area contributed by atoms with E-state index in [0.29, 0.717) is 0 Å². The Balaban J connectivity index is 1.42. The third kappa shape index (κ3) is 3.72. The Morgan fingerprint density at radius 3 is 2.73 bits per heavy atom. The number of aromatic amines is 1. The van der Waals surface area contributed by atoms with E-state index in [1.54, 1.807) is 0 Å². The molecule has 0 aliphatic carbocycles. The average molecular weight is 358 g/mol. The van der Waals surface area contributed by atoms with Crippen molar-refractivity contribution in [2.45, 2.75) is 51.1 Å². The van der Waals surface area contributed by atoms with Gasteiger partial charge in [0.1, 0.15) is 11.5 Å². The minimum atomic E-state index is 0.240. The third-order valence-electron chi connectivity index (χ3n) is 5.92. The summed E-state index contributed by atoms with van der Waals surface area (Å²) in [4.78, 5) is 2.72. The van der Waals surface area contributed by atoms with Crippen molar-refractivity contribution in [2.24, 2.45) is 0 Å². The summed E-state index contributed by atoms with van der Waals surface area (Å²) in [6, 6.07) is 3.99. The lowest BCUT2D eigenvalue weighted by molar-refractivity contribution is -0.0358. The number of likely N-dealkylation sites (tertiary alicyclic amines) is 1. The summed E-state index contributed by atoms with van der Waals surface area (Å²) in [6.45, 7) is 7.96. The highest BCUT2D eigenvalue weighted by Crippen LogP contribution is 2.30. The summed E-state index contributed by atoms with van der Waals surface area (Å²) in [5, 5.41) is 11.0. The molecule has 2 fully saturated rings. The molecule has 2 aromatic heterocycles. The van der Waals surface area contributed by atoms with Crippen LogP contribution in [-0.2, 0) is 11.3 Å². The summed E-state index contributed by atoms with van der Waals surface area (Å²) in [7, 11) is 0. The standard InChI is InChI=1S/C20H30N4O2/c1-16-5-6-18(26-16)19-17(14-22-23-19)13-21-15-20(7-11-25-12-8-20)24-9-3-2-4-10-24/h5-6,14,21H,2-4,7-13,15H2,1H3,(H,22,23). The Bertz CT molecular complexity index is 696. The second kappa shape index (κ2) is 7.94. The van der Waals surface area contributed by atoms with Crippen LogP contribution in [0.1, 0.15) is 43.4 Å². The number of hydrogen-bond donors (Lipinski definition) is 2. The fourth-order valence-electron chi connectivity index (χ4n) is 4.38. The molecule has 2 aromatic rings. The van der Waals surface area contributed by atoms with Gasteiger partial charge >= 0.3 is 0 Å². The van der Waals surface area contributed by atoms with Crippen LogP contribution in [0.4, 0.5) is 0 Å². The molecule has 4 heterocycles. The number of rotatable bonds is 6. The molecule has 0 bridgehead atoms. The van der Waals surface area contributed by atoms with Crippen molar-refractivity contribution >= 4 is 0 Å². The maximum Gasteiger partial charge on any atom is 0.152 e. The summed E-state index contributed by atoms with van der Waals surface area (Å²) >= 11 is 0. The molecule has 0 amide bonds. The molecule has 0 spiro atoms. The fraction of sp³-hybridized carbons (Fsp3) is 0.650. The number of nitrogens with zero attached hydrogens (tertiary/aromatic N) is 2. The average Bonchev–Trinajstić information content (AvgIpc) is 3.32. The van der Waals surface area contributed by atoms with Gasteiger partial charge in [-0.1, -0.05) is 6.42 Å². The number of piperidine rings is 1. The maximum absolute atomic E-state index is 5.76. The zero-order chi connectivity index (χ0) is 17.8. The minimum Gasteiger partial charge on any atom is -0.460 e. The molecular weight excluding hydrogens is 328 g/mol. The summed E-state index contributed by atoms with van der Waals surface area (Å²) in [5.74, 6) is 1.77. The Hall–Kier alpha value is -1.63. The van der Waals surface area contributed by atoms with Crippen molar-refractivity contribution in [3.63, 3.8) is 0 Å². The molecule has 2 saturated heterocycles. The van der Waals surface area contributed by atoms with Crippen LogP contribution in [0.3, 0.4) is 0 Å². The molecule has 2 N–H and O–H groups in total. The molecular formula is C20H30N4O2. The predicted octanol–water partition coefficient (Wildman–Crippen LogP) is 3.10. The highest BCUT2D eigenvalue weighted by Gasteiger charge is 2.38.